The number of hydrogen-bond donors (Lipinski definition) is 1. The number of pyridine rings is 1. The highest BCUT2D eigenvalue weighted by atomic mass is 35.5. The molecule has 1 N–H and O–H groups in total. The number of halogens is 2. The Labute approximate surface area is 182 Å². The maximum atomic E-state index is 13.6. The van der Waals surface area contributed by atoms with Crippen LogP contribution in [-0.4, -0.2) is 91.4 Å². The van der Waals surface area contributed by atoms with E-state index in [1.807, 2.05) is 13.0 Å². The summed E-state index contributed by atoms with van der Waals surface area (Å²) in [5, 5.41) is 4.07. The Morgan fingerprint density at radius 1 is 1.27 bits per heavy atom. The molecule has 0 aromatic carbocycles. The first-order valence-electron chi connectivity index (χ1n) is 10.9. The number of nitrogens with zero attached hydrogens (tertiary/aromatic N) is 4. The van der Waals surface area contributed by atoms with E-state index < -0.39 is 6.17 Å². The number of hydrogen-bond acceptors (Lipinski definition) is 6. The largest absolute Gasteiger partial charge is 0.382 e. The summed E-state index contributed by atoms with van der Waals surface area (Å²) in [4.78, 5) is 23.1. The molecule has 30 heavy (non-hydrogen) atoms. The first-order chi connectivity index (χ1) is 14.5. The van der Waals surface area contributed by atoms with Gasteiger partial charge in [-0.3, -0.25) is 9.69 Å². The highest BCUT2D eigenvalue weighted by Crippen LogP contribution is 2.25. The van der Waals surface area contributed by atoms with Crippen molar-refractivity contribution in [2.24, 2.45) is 0 Å². The first kappa shape index (κ1) is 21.6. The first-order valence-corrected chi connectivity index (χ1v) is 11.3. The Morgan fingerprint density at radius 2 is 2.00 bits per heavy atom. The lowest BCUT2D eigenvalue weighted by molar-refractivity contribution is -0.133. The van der Waals surface area contributed by atoms with E-state index in [0.29, 0.717) is 37.4 Å². The van der Waals surface area contributed by atoms with E-state index in [-0.39, 0.29) is 18.5 Å². The molecule has 7 nitrogen and oxygen atoms in total. The van der Waals surface area contributed by atoms with E-state index in [0.717, 1.165) is 50.5 Å². The normalized spacial score (nSPS) is 26.2. The number of rotatable bonds is 5. The molecule has 0 spiro atoms. The zero-order chi connectivity index (χ0) is 21.1. The van der Waals surface area contributed by atoms with E-state index in [1.165, 1.54) is 0 Å². The fourth-order valence-electron chi connectivity index (χ4n) is 4.59. The van der Waals surface area contributed by atoms with Crippen LogP contribution in [0.3, 0.4) is 0 Å². The number of likely N-dealkylation sites (tertiary alicyclic amines) is 2. The number of anilines is 2. The van der Waals surface area contributed by atoms with Crippen molar-refractivity contribution in [2.45, 2.75) is 44.4 Å². The lowest BCUT2D eigenvalue weighted by Crippen LogP contribution is -2.46. The fourth-order valence-corrected chi connectivity index (χ4v) is 4.79. The minimum atomic E-state index is -0.881. The van der Waals surface area contributed by atoms with E-state index >= 15 is 0 Å². The molecule has 3 saturated heterocycles. The van der Waals surface area contributed by atoms with Crippen molar-refractivity contribution in [3.05, 3.63) is 17.3 Å². The summed E-state index contributed by atoms with van der Waals surface area (Å²) in [6.07, 6.45) is 1.47. The van der Waals surface area contributed by atoms with E-state index in [1.54, 1.807) is 4.90 Å². The summed E-state index contributed by atoms with van der Waals surface area (Å²) in [6, 6.07) is 4.25. The molecule has 9 heteroatoms. The van der Waals surface area contributed by atoms with Crippen molar-refractivity contribution in [1.82, 2.24) is 14.8 Å². The molecule has 166 valence electrons. The van der Waals surface area contributed by atoms with Crippen molar-refractivity contribution in [3.63, 3.8) is 0 Å². The maximum Gasteiger partial charge on any atom is 0.237 e. The fraction of sp³-hybridized carbons (Fsp3) is 0.714. The van der Waals surface area contributed by atoms with Crippen LogP contribution in [0.5, 0.6) is 0 Å². The molecule has 2 atom stereocenters. The van der Waals surface area contributed by atoms with Crippen molar-refractivity contribution in [2.75, 3.05) is 62.7 Å². The zero-order valence-electron chi connectivity index (χ0n) is 17.5. The van der Waals surface area contributed by atoms with Gasteiger partial charge in [-0.15, -0.1) is 0 Å². The molecule has 0 unspecified atom stereocenters. The van der Waals surface area contributed by atoms with Gasteiger partial charge in [0, 0.05) is 56.4 Å². The molecule has 1 aromatic heterocycles. The Hall–Kier alpha value is -1.64. The van der Waals surface area contributed by atoms with Crippen molar-refractivity contribution in [3.8, 4) is 0 Å². The summed E-state index contributed by atoms with van der Waals surface area (Å²) in [7, 11) is 0. The van der Waals surface area contributed by atoms with Gasteiger partial charge in [-0.25, -0.2) is 9.37 Å². The highest BCUT2D eigenvalue weighted by Gasteiger charge is 2.33. The average molecular weight is 440 g/mol. The lowest BCUT2D eigenvalue weighted by Gasteiger charge is -2.34. The number of morpholine rings is 1. The molecule has 3 aliphatic heterocycles. The van der Waals surface area contributed by atoms with Crippen LogP contribution in [0, 0.1) is 0 Å². The number of nitrogens with one attached hydrogen (secondary N) is 1. The average Bonchev–Trinajstić information content (AvgIpc) is 3.08. The van der Waals surface area contributed by atoms with Crippen LogP contribution in [0.2, 0.25) is 5.15 Å². The Balaban J connectivity index is 1.27. The number of piperidine rings is 1. The van der Waals surface area contributed by atoms with Gasteiger partial charge in [0.2, 0.25) is 5.91 Å². The summed E-state index contributed by atoms with van der Waals surface area (Å²) < 4.78 is 19.0. The molecule has 3 fully saturated rings. The Kier molecular flexibility index (Phi) is 6.95. The van der Waals surface area contributed by atoms with Crippen molar-refractivity contribution >= 4 is 29.0 Å². The third kappa shape index (κ3) is 5.34. The van der Waals surface area contributed by atoms with Gasteiger partial charge in [-0.05, 0) is 25.8 Å². The lowest BCUT2D eigenvalue weighted by atomic mass is 10.0. The van der Waals surface area contributed by atoms with Crippen LogP contribution in [0.4, 0.5) is 15.9 Å². The van der Waals surface area contributed by atoms with Gasteiger partial charge in [0.25, 0.3) is 0 Å². The Morgan fingerprint density at radius 3 is 2.67 bits per heavy atom. The smallest absolute Gasteiger partial charge is 0.237 e. The molecule has 0 bridgehead atoms. The standard InChI is InChI=1S/C21H31ClFN5O2/c1-15-10-16(23)13-28(15)21(29)14-26-4-2-17(3-5-26)24-18-11-19(22)25-20(12-18)27-6-8-30-9-7-27/h11-12,15-17H,2-10,13-14H2,1H3,(H,24,25)/t15-,16+/m1/s1. The molecule has 0 radical (unpaired) electrons. The molecule has 0 aliphatic carbocycles. The second-order valence-corrected chi connectivity index (χ2v) is 8.95. The summed E-state index contributed by atoms with van der Waals surface area (Å²) in [5.74, 6) is 0.923. The summed E-state index contributed by atoms with van der Waals surface area (Å²) >= 11 is 6.27. The molecule has 3 aliphatic rings. The van der Waals surface area contributed by atoms with Gasteiger partial charge in [0.1, 0.15) is 17.1 Å². The number of amides is 1. The van der Waals surface area contributed by atoms with Gasteiger partial charge in [-0.2, -0.15) is 0 Å². The zero-order valence-corrected chi connectivity index (χ0v) is 18.3. The molecule has 0 saturated carbocycles. The van der Waals surface area contributed by atoms with E-state index in [9.17, 15) is 9.18 Å². The highest BCUT2D eigenvalue weighted by molar-refractivity contribution is 6.29. The second kappa shape index (κ2) is 9.66. The number of alkyl halides is 1. The Bertz CT molecular complexity index is 740. The number of aromatic nitrogens is 1. The van der Waals surface area contributed by atoms with Crippen molar-refractivity contribution < 1.29 is 13.9 Å². The van der Waals surface area contributed by atoms with Gasteiger partial charge in [0.15, 0.2) is 0 Å². The predicted octanol–water partition coefficient (Wildman–Crippen LogP) is 2.41. The number of ether oxygens (including phenoxy) is 1. The molecular formula is C21H31ClFN5O2. The summed E-state index contributed by atoms with van der Waals surface area (Å²) in [5.41, 5.74) is 0.978. The molecule has 4 heterocycles. The van der Waals surface area contributed by atoms with Gasteiger partial charge in [0.05, 0.1) is 26.3 Å². The SMILES string of the molecule is C[C@@H]1C[C@H](F)CN1C(=O)CN1CCC(Nc2cc(Cl)nc(N3CCOCC3)c2)CC1. The van der Waals surface area contributed by atoms with Crippen LogP contribution in [0.25, 0.3) is 0 Å². The molecule has 1 aromatic rings. The quantitative estimate of drug-likeness (QED) is 0.711. The molecule has 1 amide bonds. The van der Waals surface area contributed by atoms with Gasteiger partial charge < -0.3 is 19.9 Å². The topological polar surface area (TPSA) is 60.9 Å². The van der Waals surface area contributed by atoms with Crippen LogP contribution < -0.4 is 10.2 Å². The van der Waals surface area contributed by atoms with Crippen LogP contribution in [-0.2, 0) is 9.53 Å². The van der Waals surface area contributed by atoms with Gasteiger partial charge >= 0.3 is 0 Å². The second-order valence-electron chi connectivity index (χ2n) is 8.56. The van der Waals surface area contributed by atoms with E-state index in [2.05, 4.69) is 26.2 Å². The van der Waals surface area contributed by atoms with Crippen LogP contribution in [0.1, 0.15) is 26.2 Å². The molecule has 4 rings (SSSR count). The summed E-state index contributed by atoms with van der Waals surface area (Å²) in [6.45, 7) is 7.29. The van der Waals surface area contributed by atoms with Crippen LogP contribution >= 0.6 is 11.6 Å². The third-order valence-electron chi connectivity index (χ3n) is 6.28. The molecular weight excluding hydrogens is 409 g/mol. The maximum absolute atomic E-state index is 13.6. The minimum Gasteiger partial charge on any atom is -0.382 e. The minimum absolute atomic E-state index is 0.00352. The monoisotopic (exact) mass is 439 g/mol. The van der Waals surface area contributed by atoms with Crippen LogP contribution in [0.15, 0.2) is 12.1 Å². The van der Waals surface area contributed by atoms with Gasteiger partial charge in [-0.1, -0.05) is 11.6 Å². The number of carbonyl (C=O) groups is 1. The van der Waals surface area contributed by atoms with E-state index in [4.69, 9.17) is 16.3 Å². The predicted molar refractivity (Wildman–Crippen MR) is 116 cm³/mol. The third-order valence-corrected chi connectivity index (χ3v) is 6.47. The van der Waals surface area contributed by atoms with Crippen molar-refractivity contribution in [1.29, 1.82) is 0 Å². The number of carbonyl (C=O) groups excluding carboxylic acids is 1.